The first kappa shape index (κ1) is 17.9. The van der Waals surface area contributed by atoms with Crippen LogP contribution in [0.5, 0.6) is 0 Å². The molecule has 0 saturated carbocycles. The third-order valence-corrected chi connectivity index (χ3v) is 4.64. The molecular weight excluding hydrogens is 340 g/mol. The molecule has 2 aromatic rings. The average molecular weight is 364 g/mol. The molecule has 8 nitrogen and oxygen atoms in total. The highest BCUT2D eigenvalue weighted by atomic mass is 32.2. The van der Waals surface area contributed by atoms with Crippen LogP contribution >= 0.6 is 11.8 Å². The van der Waals surface area contributed by atoms with Crippen molar-refractivity contribution in [3.8, 4) is 0 Å². The van der Waals surface area contributed by atoms with Crippen molar-refractivity contribution in [1.82, 2.24) is 25.1 Å². The van der Waals surface area contributed by atoms with Crippen molar-refractivity contribution >= 4 is 34.5 Å². The molecule has 1 aliphatic rings. The zero-order chi connectivity index (χ0) is 17.8. The zero-order valence-corrected chi connectivity index (χ0v) is 15.7. The molecule has 3 heterocycles. The highest BCUT2D eigenvalue weighted by Gasteiger charge is 2.20. The van der Waals surface area contributed by atoms with Gasteiger partial charge in [0.05, 0.1) is 31.3 Å². The molecule has 0 unspecified atom stereocenters. The number of hydrogen-bond donors (Lipinski definition) is 1. The lowest BCUT2D eigenvalue weighted by Gasteiger charge is -2.28. The Hall–Kier alpha value is -1.87. The van der Waals surface area contributed by atoms with Crippen LogP contribution in [-0.4, -0.2) is 64.8 Å². The minimum absolute atomic E-state index is 0.0206. The lowest BCUT2D eigenvalue weighted by molar-refractivity contribution is -0.124. The van der Waals surface area contributed by atoms with Gasteiger partial charge in [-0.1, -0.05) is 25.6 Å². The molecule has 0 atom stereocenters. The summed E-state index contributed by atoms with van der Waals surface area (Å²) in [6, 6.07) is 0. The number of carbonyl (C=O) groups is 1. The Morgan fingerprint density at radius 2 is 2.12 bits per heavy atom. The highest BCUT2D eigenvalue weighted by Crippen LogP contribution is 2.27. The summed E-state index contributed by atoms with van der Waals surface area (Å²) in [6.07, 6.45) is 3.78. The number of carbonyl (C=O) groups excluding carboxylic acids is 1. The fourth-order valence-corrected chi connectivity index (χ4v) is 3.04. The van der Waals surface area contributed by atoms with Gasteiger partial charge in [-0.15, -0.1) is 0 Å². The maximum absolute atomic E-state index is 11.7. The van der Waals surface area contributed by atoms with Gasteiger partial charge in [0.2, 0.25) is 5.91 Å². The van der Waals surface area contributed by atoms with Crippen molar-refractivity contribution < 1.29 is 9.53 Å². The van der Waals surface area contributed by atoms with E-state index < -0.39 is 0 Å². The number of ether oxygens (including phenoxy) is 1. The molecule has 0 radical (unpaired) electrons. The second-order valence-electron chi connectivity index (χ2n) is 6.18. The lowest BCUT2D eigenvalue weighted by atomic mass is 10.2. The van der Waals surface area contributed by atoms with Crippen molar-refractivity contribution in [3.05, 3.63) is 6.20 Å². The minimum Gasteiger partial charge on any atom is -0.378 e. The Bertz CT molecular complexity index is 742. The largest absolute Gasteiger partial charge is 0.378 e. The van der Waals surface area contributed by atoms with Crippen molar-refractivity contribution in [2.45, 2.75) is 25.5 Å². The van der Waals surface area contributed by atoms with Crippen LogP contribution in [-0.2, 0) is 16.1 Å². The molecule has 9 heteroatoms. The van der Waals surface area contributed by atoms with Crippen LogP contribution in [0.2, 0.25) is 0 Å². The number of nitrogens with one attached hydrogen (secondary N) is 1. The van der Waals surface area contributed by atoms with Crippen molar-refractivity contribution in [2.75, 3.05) is 44.0 Å². The standard InChI is InChI=1S/C16H24N6O2S/c1-11(2)15(23)17-4-5-22-14-12(10-18-22)13(19-16(20-14)25-3)21-6-8-24-9-7-21/h10-11H,4-9H2,1-3H3,(H,17,23). The first-order chi connectivity index (χ1) is 12.1. The van der Waals surface area contributed by atoms with Gasteiger partial charge >= 0.3 is 0 Å². The predicted molar refractivity (Wildman–Crippen MR) is 98.0 cm³/mol. The van der Waals surface area contributed by atoms with Gasteiger partial charge in [-0.2, -0.15) is 5.10 Å². The van der Waals surface area contributed by atoms with Gasteiger partial charge in [0, 0.05) is 25.6 Å². The number of anilines is 1. The molecule has 1 saturated heterocycles. The highest BCUT2D eigenvalue weighted by molar-refractivity contribution is 7.98. The van der Waals surface area contributed by atoms with E-state index in [4.69, 9.17) is 4.74 Å². The predicted octanol–water partition coefficient (Wildman–Crippen LogP) is 1.16. The average Bonchev–Trinajstić information content (AvgIpc) is 3.04. The lowest BCUT2D eigenvalue weighted by Crippen LogP contribution is -2.37. The van der Waals surface area contributed by atoms with Crippen LogP contribution in [0.15, 0.2) is 11.4 Å². The van der Waals surface area contributed by atoms with Gasteiger partial charge in [-0.3, -0.25) is 4.79 Å². The van der Waals surface area contributed by atoms with Crippen LogP contribution < -0.4 is 10.2 Å². The van der Waals surface area contributed by atoms with E-state index >= 15 is 0 Å². The van der Waals surface area contributed by atoms with Gasteiger partial charge in [-0.25, -0.2) is 14.6 Å². The summed E-state index contributed by atoms with van der Waals surface area (Å²) >= 11 is 1.52. The summed E-state index contributed by atoms with van der Waals surface area (Å²) in [5.74, 6) is 0.938. The number of hydrogen-bond acceptors (Lipinski definition) is 7. The van der Waals surface area contributed by atoms with Crippen molar-refractivity contribution in [2.24, 2.45) is 5.92 Å². The smallest absolute Gasteiger partial charge is 0.222 e. The Morgan fingerprint density at radius 3 is 2.80 bits per heavy atom. The van der Waals surface area contributed by atoms with Gasteiger partial charge in [0.1, 0.15) is 5.82 Å². The molecule has 3 rings (SSSR count). The summed E-state index contributed by atoms with van der Waals surface area (Å²) in [4.78, 5) is 23.2. The normalized spacial score (nSPS) is 15.1. The van der Waals surface area contributed by atoms with E-state index in [0.29, 0.717) is 26.3 Å². The van der Waals surface area contributed by atoms with Gasteiger partial charge in [0.15, 0.2) is 10.8 Å². The molecule has 0 spiro atoms. The van der Waals surface area contributed by atoms with E-state index in [1.165, 1.54) is 11.8 Å². The molecule has 0 aromatic carbocycles. The van der Waals surface area contributed by atoms with E-state index in [1.807, 2.05) is 31.0 Å². The number of aromatic nitrogens is 4. The molecule has 25 heavy (non-hydrogen) atoms. The molecule has 136 valence electrons. The second kappa shape index (κ2) is 8.01. The summed E-state index contributed by atoms with van der Waals surface area (Å²) in [5.41, 5.74) is 0.805. The fourth-order valence-electron chi connectivity index (χ4n) is 2.68. The Labute approximate surface area is 151 Å². The molecule has 0 aliphatic carbocycles. The van der Waals surface area contributed by atoms with E-state index in [2.05, 4.69) is 25.3 Å². The van der Waals surface area contributed by atoms with E-state index in [9.17, 15) is 4.79 Å². The number of thioether (sulfide) groups is 1. The molecule has 2 aromatic heterocycles. The number of morpholine rings is 1. The third-order valence-electron chi connectivity index (χ3n) is 4.10. The third kappa shape index (κ3) is 4.04. The Kier molecular flexibility index (Phi) is 5.74. The second-order valence-corrected chi connectivity index (χ2v) is 6.96. The Balaban J connectivity index is 1.84. The Morgan fingerprint density at radius 1 is 1.36 bits per heavy atom. The number of rotatable bonds is 6. The van der Waals surface area contributed by atoms with Crippen LogP contribution in [0.1, 0.15) is 13.8 Å². The number of nitrogens with zero attached hydrogens (tertiary/aromatic N) is 5. The van der Waals surface area contributed by atoms with Crippen LogP contribution in [0.3, 0.4) is 0 Å². The van der Waals surface area contributed by atoms with E-state index in [-0.39, 0.29) is 11.8 Å². The first-order valence-corrected chi connectivity index (χ1v) is 9.70. The molecule has 0 bridgehead atoms. The quantitative estimate of drug-likeness (QED) is 0.608. The van der Waals surface area contributed by atoms with Crippen LogP contribution in [0, 0.1) is 5.92 Å². The number of fused-ring (bicyclic) bond motifs is 1. The van der Waals surface area contributed by atoms with Crippen LogP contribution in [0.25, 0.3) is 11.0 Å². The topological polar surface area (TPSA) is 85.2 Å². The number of amides is 1. The van der Waals surface area contributed by atoms with Crippen LogP contribution in [0.4, 0.5) is 5.82 Å². The maximum atomic E-state index is 11.7. The van der Waals surface area contributed by atoms with Gasteiger partial charge < -0.3 is 15.0 Å². The molecule has 1 amide bonds. The fraction of sp³-hybridized carbons (Fsp3) is 0.625. The van der Waals surface area contributed by atoms with Crippen molar-refractivity contribution in [3.63, 3.8) is 0 Å². The SMILES string of the molecule is CSc1nc(N2CCOCC2)c2cnn(CCNC(=O)C(C)C)c2n1. The monoisotopic (exact) mass is 364 g/mol. The minimum atomic E-state index is -0.0206. The van der Waals surface area contributed by atoms with Gasteiger partial charge in [-0.05, 0) is 6.26 Å². The maximum Gasteiger partial charge on any atom is 0.222 e. The summed E-state index contributed by atoms with van der Waals surface area (Å²) in [7, 11) is 0. The van der Waals surface area contributed by atoms with Gasteiger partial charge in [0.25, 0.3) is 0 Å². The summed E-state index contributed by atoms with van der Waals surface area (Å²) in [5, 5.41) is 9.04. The zero-order valence-electron chi connectivity index (χ0n) is 14.9. The molecular formula is C16H24N6O2S. The molecule has 1 aliphatic heterocycles. The molecule has 1 fully saturated rings. The van der Waals surface area contributed by atoms with Crippen molar-refractivity contribution in [1.29, 1.82) is 0 Å². The van der Waals surface area contributed by atoms with E-state index in [0.717, 1.165) is 35.1 Å². The first-order valence-electron chi connectivity index (χ1n) is 8.48. The summed E-state index contributed by atoms with van der Waals surface area (Å²) in [6.45, 7) is 7.90. The molecule has 1 N–H and O–H groups in total. The summed E-state index contributed by atoms with van der Waals surface area (Å²) < 4.78 is 7.27. The van der Waals surface area contributed by atoms with E-state index in [1.54, 1.807) is 0 Å².